The third-order valence-corrected chi connectivity index (χ3v) is 5.98. The van der Waals surface area contributed by atoms with Gasteiger partial charge in [-0.25, -0.2) is 14.4 Å². The molecular weight excluding hydrogens is 438 g/mol. The van der Waals surface area contributed by atoms with Crippen molar-refractivity contribution in [2.24, 2.45) is 10.7 Å². The van der Waals surface area contributed by atoms with Gasteiger partial charge in [-0.3, -0.25) is 4.99 Å². The molecule has 1 unspecified atom stereocenters. The molecule has 2 atom stereocenters. The highest BCUT2D eigenvalue weighted by Gasteiger charge is 2.46. The van der Waals surface area contributed by atoms with Gasteiger partial charge in [0, 0.05) is 35.3 Å². The third-order valence-electron chi connectivity index (χ3n) is 5.98. The molecule has 4 aromatic rings. The van der Waals surface area contributed by atoms with Crippen molar-refractivity contribution in [2.75, 3.05) is 6.54 Å². The molecule has 2 N–H and O–H groups in total. The number of ether oxygens (including phenoxy) is 2. The van der Waals surface area contributed by atoms with Crippen molar-refractivity contribution in [3.63, 3.8) is 0 Å². The van der Waals surface area contributed by atoms with Gasteiger partial charge in [0.15, 0.2) is 5.60 Å². The van der Waals surface area contributed by atoms with E-state index in [-0.39, 0.29) is 5.82 Å². The molecule has 168 valence electrons. The first-order chi connectivity index (χ1) is 16.5. The molecule has 2 aromatic heterocycles. The molecule has 2 aliphatic rings. The first kappa shape index (κ1) is 20.6. The van der Waals surface area contributed by atoms with E-state index in [4.69, 9.17) is 15.2 Å². The number of benzene rings is 2. The number of fused-ring (bicyclic) bond motifs is 4. The maximum absolute atomic E-state index is 14.5. The van der Waals surface area contributed by atoms with Gasteiger partial charge >= 0.3 is 0 Å². The summed E-state index contributed by atoms with van der Waals surface area (Å²) < 4.78 is 40.4. The lowest BCUT2D eigenvalue weighted by atomic mass is 9.82. The Labute approximate surface area is 193 Å². The van der Waals surface area contributed by atoms with Crippen LogP contribution in [0.1, 0.15) is 11.1 Å². The largest absolute Gasteiger partial charge is 0.438 e. The minimum Gasteiger partial charge on any atom is -0.438 e. The van der Waals surface area contributed by atoms with Crippen LogP contribution >= 0.6 is 0 Å². The summed E-state index contributed by atoms with van der Waals surface area (Å²) in [6.45, 7) is 0.301. The zero-order valence-corrected chi connectivity index (χ0v) is 17.8. The summed E-state index contributed by atoms with van der Waals surface area (Å²) in [5.41, 5.74) is 8.69. The molecule has 4 heterocycles. The normalized spacial score (nSPS) is 20.5. The average Bonchev–Trinajstić information content (AvgIpc) is 2.85. The van der Waals surface area contributed by atoms with E-state index in [0.717, 1.165) is 11.1 Å². The van der Waals surface area contributed by atoms with Crippen molar-refractivity contribution in [1.82, 2.24) is 9.97 Å². The van der Waals surface area contributed by atoms with Crippen molar-refractivity contribution in [3.05, 3.63) is 95.9 Å². The number of hydrogen-bond acceptors (Lipinski definition) is 6. The number of hydrogen-bond donors (Lipinski definition) is 1. The standard InChI is InChI=1S/C26H18F2N4O2/c27-18-6-3-15(4-7-18)17-11-21-25(32-12-17)33-22-8-5-16(19-2-1-9-31-24(19)28)10-20(22)26(21)14-30-13-23(29)34-26/h1-12,14,23H,13,29H2/t23?,26-/m0/s1. The summed E-state index contributed by atoms with van der Waals surface area (Å²) in [7, 11) is 0. The smallest absolute Gasteiger partial charge is 0.226 e. The van der Waals surface area contributed by atoms with Gasteiger partial charge in [0.2, 0.25) is 11.8 Å². The number of nitrogens with zero attached hydrogens (tertiary/aromatic N) is 3. The Bertz CT molecular complexity index is 1440. The van der Waals surface area contributed by atoms with E-state index >= 15 is 0 Å². The maximum Gasteiger partial charge on any atom is 0.226 e. The van der Waals surface area contributed by atoms with E-state index in [1.807, 2.05) is 6.07 Å². The molecule has 0 fully saturated rings. The number of aromatic nitrogens is 2. The van der Waals surface area contributed by atoms with Gasteiger partial charge in [0.05, 0.1) is 12.1 Å². The quantitative estimate of drug-likeness (QED) is 0.437. The fourth-order valence-electron chi connectivity index (χ4n) is 4.38. The Morgan fingerprint density at radius 2 is 1.71 bits per heavy atom. The van der Waals surface area contributed by atoms with Crippen LogP contribution in [0, 0.1) is 11.8 Å². The first-order valence-corrected chi connectivity index (χ1v) is 10.7. The summed E-state index contributed by atoms with van der Waals surface area (Å²) in [5.74, 6) is -0.0570. The van der Waals surface area contributed by atoms with Gasteiger partial charge in [-0.05, 0) is 53.6 Å². The lowest BCUT2D eigenvalue weighted by molar-refractivity contribution is -0.0317. The summed E-state index contributed by atoms with van der Waals surface area (Å²) in [5, 5.41) is 0. The van der Waals surface area contributed by atoms with Crippen LogP contribution in [0.4, 0.5) is 8.78 Å². The number of aliphatic imine (C=N–C) groups is 1. The molecule has 0 saturated heterocycles. The Balaban J connectivity index is 1.56. The monoisotopic (exact) mass is 456 g/mol. The SMILES string of the molecule is NC1CN=C[C@]2(O1)c1cc(-c3cccnc3F)ccc1Oc1ncc(-c3ccc(F)cc3)cc12. The van der Waals surface area contributed by atoms with E-state index in [9.17, 15) is 8.78 Å². The van der Waals surface area contributed by atoms with Crippen LogP contribution in [0.2, 0.25) is 0 Å². The molecule has 6 nitrogen and oxygen atoms in total. The van der Waals surface area contributed by atoms with Crippen molar-refractivity contribution in [3.8, 4) is 33.9 Å². The zero-order valence-electron chi connectivity index (χ0n) is 17.8. The number of halogens is 2. The first-order valence-electron chi connectivity index (χ1n) is 10.7. The van der Waals surface area contributed by atoms with Crippen molar-refractivity contribution < 1.29 is 18.3 Å². The number of pyridine rings is 2. The average molecular weight is 456 g/mol. The molecule has 0 bridgehead atoms. The minimum absolute atomic E-state index is 0.301. The van der Waals surface area contributed by atoms with Crippen LogP contribution in [0.3, 0.4) is 0 Å². The van der Waals surface area contributed by atoms with Gasteiger partial charge in [-0.15, -0.1) is 0 Å². The minimum atomic E-state index is -1.20. The number of nitrogens with two attached hydrogens (primary N) is 1. The van der Waals surface area contributed by atoms with Crippen LogP contribution in [-0.2, 0) is 10.3 Å². The Morgan fingerprint density at radius 1 is 0.912 bits per heavy atom. The molecule has 2 aliphatic heterocycles. The third kappa shape index (κ3) is 3.27. The lowest BCUT2D eigenvalue weighted by Crippen LogP contribution is -2.46. The van der Waals surface area contributed by atoms with Crippen LogP contribution in [0.15, 0.2) is 78.0 Å². The van der Waals surface area contributed by atoms with Crippen molar-refractivity contribution in [1.29, 1.82) is 0 Å². The fraction of sp³-hybridized carbons (Fsp3) is 0.115. The summed E-state index contributed by atoms with van der Waals surface area (Å²) in [6, 6.07) is 16.6. The second-order valence-corrected chi connectivity index (χ2v) is 8.12. The van der Waals surface area contributed by atoms with Crippen LogP contribution in [-0.4, -0.2) is 29.0 Å². The second kappa shape index (κ2) is 7.79. The molecule has 0 saturated carbocycles. The summed E-state index contributed by atoms with van der Waals surface area (Å²) in [6.07, 6.45) is 4.08. The molecule has 0 radical (unpaired) electrons. The zero-order chi connectivity index (χ0) is 23.3. The van der Waals surface area contributed by atoms with Gasteiger partial charge in [0.1, 0.15) is 17.8 Å². The van der Waals surface area contributed by atoms with E-state index in [2.05, 4.69) is 15.0 Å². The Morgan fingerprint density at radius 3 is 2.50 bits per heavy atom. The van der Waals surface area contributed by atoms with E-state index < -0.39 is 17.8 Å². The highest BCUT2D eigenvalue weighted by atomic mass is 19.1. The summed E-state index contributed by atoms with van der Waals surface area (Å²) >= 11 is 0. The van der Waals surface area contributed by atoms with Gasteiger partial charge < -0.3 is 15.2 Å². The Kier molecular flexibility index (Phi) is 4.72. The molecule has 34 heavy (non-hydrogen) atoms. The fourth-order valence-corrected chi connectivity index (χ4v) is 4.38. The lowest BCUT2D eigenvalue weighted by Gasteiger charge is -2.40. The highest BCUT2D eigenvalue weighted by Crippen LogP contribution is 2.50. The van der Waals surface area contributed by atoms with Crippen LogP contribution in [0.25, 0.3) is 22.3 Å². The van der Waals surface area contributed by atoms with Gasteiger partial charge in [0.25, 0.3) is 0 Å². The van der Waals surface area contributed by atoms with Crippen LogP contribution in [0.5, 0.6) is 11.6 Å². The van der Waals surface area contributed by atoms with E-state index in [1.54, 1.807) is 54.9 Å². The van der Waals surface area contributed by atoms with Gasteiger partial charge in [-0.2, -0.15) is 4.39 Å². The molecular formula is C26H18F2N4O2. The molecule has 6 rings (SSSR count). The van der Waals surface area contributed by atoms with Crippen molar-refractivity contribution in [2.45, 2.75) is 11.8 Å². The predicted octanol–water partition coefficient (Wildman–Crippen LogP) is 4.82. The van der Waals surface area contributed by atoms with Gasteiger partial charge in [-0.1, -0.05) is 18.2 Å². The maximum atomic E-state index is 14.5. The van der Waals surface area contributed by atoms with Crippen molar-refractivity contribution >= 4 is 6.21 Å². The highest BCUT2D eigenvalue weighted by molar-refractivity contribution is 5.84. The summed E-state index contributed by atoms with van der Waals surface area (Å²) in [4.78, 5) is 12.7. The second-order valence-electron chi connectivity index (χ2n) is 8.12. The van der Waals surface area contributed by atoms with E-state index in [1.165, 1.54) is 18.3 Å². The number of rotatable bonds is 2. The predicted molar refractivity (Wildman–Crippen MR) is 123 cm³/mol. The van der Waals surface area contributed by atoms with Crippen LogP contribution < -0.4 is 10.5 Å². The molecule has 1 spiro atoms. The molecule has 2 aromatic carbocycles. The molecule has 0 aliphatic carbocycles. The molecule has 8 heteroatoms. The topological polar surface area (TPSA) is 82.6 Å². The van der Waals surface area contributed by atoms with E-state index in [0.29, 0.717) is 40.4 Å². The molecule has 0 amide bonds. The Hall–Kier alpha value is -4.01.